The first kappa shape index (κ1) is 17.4. The molecule has 0 amide bonds. The first-order chi connectivity index (χ1) is 10.0. The van der Waals surface area contributed by atoms with E-state index in [0.29, 0.717) is 6.61 Å². The van der Waals surface area contributed by atoms with E-state index in [-0.39, 0.29) is 5.97 Å². The molecule has 112 valence electrons. The fraction of sp³-hybridized carbons (Fsp3) is 0.278. The number of carbonyl (C=O) groups is 1. The van der Waals surface area contributed by atoms with Crippen molar-refractivity contribution < 1.29 is 9.53 Å². The van der Waals surface area contributed by atoms with Gasteiger partial charge in [0.25, 0.3) is 0 Å². The minimum absolute atomic E-state index is 0.294. The molecule has 0 saturated carbocycles. The average molecular weight is 302 g/mol. The van der Waals surface area contributed by atoms with E-state index < -0.39 is 0 Å². The standard InChI is InChI=1S/C18H23O2P/c1-4-20-18(19)13-15(3)9-7-8-14(2)12-16-10-5-6-11-17(16)21/h5-11,13H,4,12,21H2,1-3H3. The van der Waals surface area contributed by atoms with Crippen LogP contribution in [0.4, 0.5) is 0 Å². The van der Waals surface area contributed by atoms with Gasteiger partial charge in [0.1, 0.15) is 0 Å². The number of hydrogen-bond donors (Lipinski definition) is 0. The molecule has 1 unspecified atom stereocenters. The summed E-state index contributed by atoms with van der Waals surface area (Å²) in [5, 5.41) is 1.23. The summed E-state index contributed by atoms with van der Waals surface area (Å²) in [7, 11) is 2.76. The van der Waals surface area contributed by atoms with Crippen molar-refractivity contribution in [1.29, 1.82) is 0 Å². The van der Waals surface area contributed by atoms with Crippen LogP contribution in [0.15, 0.2) is 59.7 Å². The van der Waals surface area contributed by atoms with Gasteiger partial charge in [-0.3, -0.25) is 0 Å². The van der Waals surface area contributed by atoms with Gasteiger partial charge in [0.15, 0.2) is 0 Å². The van der Waals surface area contributed by atoms with Crippen LogP contribution in [0.2, 0.25) is 0 Å². The zero-order chi connectivity index (χ0) is 15.7. The highest BCUT2D eigenvalue weighted by molar-refractivity contribution is 7.27. The van der Waals surface area contributed by atoms with Crippen LogP contribution in [-0.2, 0) is 16.0 Å². The molecule has 21 heavy (non-hydrogen) atoms. The summed E-state index contributed by atoms with van der Waals surface area (Å²) in [6.45, 7) is 6.19. The van der Waals surface area contributed by atoms with Crippen molar-refractivity contribution in [2.24, 2.45) is 0 Å². The van der Waals surface area contributed by atoms with Crippen LogP contribution >= 0.6 is 9.24 Å². The minimum Gasteiger partial charge on any atom is -0.463 e. The van der Waals surface area contributed by atoms with Gasteiger partial charge in [-0.2, -0.15) is 0 Å². The summed E-state index contributed by atoms with van der Waals surface area (Å²) < 4.78 is 4.87. The normalized spacial score (nSPS) is 12.8. The van der Waals surface area contributed by atoms with Gasteiger partial charge in [0.2, 0.25) is 0 Å². The van der Waals surface area contributed by atoms with E-state index in [1.54, 1.807) is 6.92 Å². The maximum Gasteiger partial charge on any atom is 0.330 e. The molecule has 0 aliphatic carbocycles. The van der Waals surface area contributed by atoms with Crippen LogP contribution < -0.4 is 5.30 Å². The second-order valence-corrected chi connectivity index (χ2v) is 5.51. The topological polar surface area (TPSA) is 26.3 Å². The minimum atomic E-state index is -0.294. The van der Waals surface area contributed by atoms with Crippen LogP contribution in [-0.4, -0.2) is 12.6 Å². The van der Waals surface area contributed by atoms with E-state index in [2.05, 4.69) is 40.4 Å². The van der Waals surface area contributed by atoms with Crippen molar-refractivity contribution in [2.75, 3.05) is 6.61 Å². The van der Waals surface area contributed by atoms with Crippen LogP contribution in [0.1, 0.15) is 26.3 Å². The molecule has 0 N–H and O–H groups in total. The van der Waals surface area contributed by atoms with Gasteiger partial charge in [-0.25, -0.2) is 4.79 Å². The summed E-state index contributed by atoms with van der Waals surface area (Å²) in [6.07, 6.45) is 8.37. The number of ether oxygens (including phenoxy) is 1. The molecule has 1 rings (SSSR count). The maximum atomic E-state index is 11.3. The van der Waals surface area contributed by atoms with Crippen molar-refractivity contribution >= 4 is 20.5 Å². The van der Waals surface area contributed by atoms with Gasteiger partial charge < -0.3 is 4.74 Å². The molecule has 1 aromatic rings. The molecular formula is C18H23O2P. The fourth-order valence-electron chi connectivity index (χ4n) is 1.84. The molecule has 0 saturated heterocycles. The number of hydrogen-bond acceptors (Lipinski definition) is 2. The largest absolute Gasteiger partial charge is 0.463 e. The summed E-state index contributed by atoms with van der Waals surface area (Å²) in [5.41, 5.74) is 3.46. The number of carbonyl (C=O) groups excluding carboxylic acids is 1. The lowest BCUT2D eigenvalue weighted by atomic mass is 10.1. The summed E-state index contributed by atoms with van der Waals surface area (Å²) in [6, 6.07) is 8.32. The Morgan fingerprint density at radius 1 is 1.29 bits per heavy atom. The van der Waals surface area contributed by atoms with E-state index in [0.717, 1.165) is 12.0 Å². The van der Waals surface area contributed by atoms with E-state index in [9.17, 15) is 4.79 Å². The molecule has 0 aromatic heterocycles. The van der Waals surface area contributed by atoms with Gasteiger partial charge in [-0.05, 0) is 43.6 Å². The zero-order valence-corrected chi connectivity index (χ0v) is 14.1. The Morgan fingerprint density at radius 2 is 2.00 bits per heavy atom. The molecule has 2 nitrogen and oxygen atoms in total. The molecule has 0 spiro atoms. The van der Waals surface area contributed by atoms with Crippen LogP contribution in [0.25, 0.3) is 0 Å². The quantitative estimate of drug-likeness (QED) is 0.346. The monoisotopic (exact) mass is 302 g/mol. The summed E-state index contributed by atoms with van der Waals surface area (Å²) in [4.78, 5) is 11.3. The predicted octanol–water partition coefficient (Wildman–Crippen LogP) is 3.74. The zero-order valence-electron chi connectivity index (χ0n) is 12.9. The molecule has 3 heteroatoms. The third-order valence-corrected chi connectivity index (χ3v) is 3.46. The van der Waals surface area contributed by atoms with Gasteiger partial charge in [0, 0.05) is 6.08 Å². The third-order valence-electron chi connectivity index (χ3n) is 2.90. The van der Waals surface area contributed by atoms with Crippen molar-refractivity contribution in [3.8, 4) is 0 Å². The second-order valence-electron chi connectivity index (χ2n) is 4.89. The van der Waals surface area contributed by atoms with Crippen LogP contribution in [0.5, 0.6) is 0 Å². The molecule has 0 fully saturated rings. The number of benzene rings is 1. The first-order valence-electron chi connectivity index (χ1n) is 7.05. The SMILES string of the molecule is CCOC(=O)C=C(C)C=CC=C(C)Cc1ccccc1P. The van der Waals surface area contributed by atoms with Crippen molar-refractivity contribution in [3.63, 3.8) is 0 Å². The van der Waals surface area contributed by atoms with Gasteiger partial charge >= 0.3 is 5.97 Å². The Balaban J connectivity index is 2.61. The lowest BCUT2D eigenvalue weighted by Gasteiger charge is -2.04. The van der Waals surface area contributed by atoms with Crippen LogP contribution in [0, 0.1) is 0 Å². The Hall–Kier alpha value is -1.66. The maximum absolute atomic E-state index is 11.3. The average Bonchev–Trinajstić information content (AvgIpc) is 2.41. The van der Waals surface area contributed by atoms with Gasteiger partial charge in [-0.15, -0.1) is 9.24 Å². The van der Waals surface area contributed by atoms with Crippen molar-refractivity contribution in [2.45, 2.75) is 27.2 Å². The highest BCUT2D eigenvalue weighted by Gasteiger charge is 1.98. The molecule has 0 aliphatic rings. The number of rotatable bonds is 6. The van der Waals surface area contributed by atoms with Gasteiger partial charge in [-0.1, -0.05) is 48.1 Å². The summed E-state index contributed by atoms with van der Waals surface area (Å²) in [5.74, 6) is -0.294. The van der Waals surface area contributed by atoms with Gasteiger partial charge in [0.05, 0.1) is 6.61 Å². The van der Waals surface area contributed by atoms with Crippen molar-refractivity contribution in [1.82, 2.24) is 0 Å². The predicted molar refractivity (Wildman–Crippen MR) is 92.8 cm³/mol. The summed E-state index contributed by atoms with van der Waals surface area (Å²) >= 11 is 0. The number of allylic oxidation sites excluding steroid dienone is 5. The third kappa shape index (κ3) is 7.06. The first-order valence-corrected chi connectivity index (χ1v) is 7.63. The smallest absolute Gasteiger partial charge is 0.330 e. The second kappa shape index (κ2) is 9.31. The molecule has 0 aliphatic heterocycles. The van der Waals surface area contributed by atoms with Crippen LogP contribution in [0.3, 0.4) is 0 Å². The molecule has 0 bridgehead atoms. The molecule has 1 aromatic carbocycles. The van der Waals surface area contributed by atoms with Crippen molar-refractivity contribution in [3.05, 3.63) is 65.3 Å². The Bertz CT molecular complexity index is 568. The number of esters is 1. The van der Waals surface area contributed by atoms with E-state index >= 15 is 0 Å². The highest BCUT2D eigenvalue weighted by Crippen LogP contribution is 2.08. The Kier molecular flexibility index (Phi) is 7.71. The van der Waals surface area contributed by atoms with E-state index in [1.807, 2.05) is 25.1 Å². The Labute approximate surface area is 129 Å². The van der Waals surface area contributed by atoms with E-state index in [4.69, 9.17) is 4.74 Å². The lowest BCUT2D eigenvalue weighted by Crippen LogP contribution is -2.01. The molecule has 0 radical (unpaired) electrons. The lowest BCUT2D eigenvalue weighted by molar-refractivity contribution is -0.137. The van der Waals surface area contributed by atoms with E-state index in [1.165, 1.54) is 22.5 Å². The molecule has 0 heterocycles. The fourth-order valence-corrected chi connectivity index (χ4v) is 2.15. The molecular weight excluding hydrogens is 279 g/mol. The Morgan fingerprint density at radius 3 is 2.67 bits per heavy atom. The molecule has 1 atom stereocenters. The highest BCUT2D eigenvalue weighted by atomic mass is 31.0.